The zero-order valence-electron chi connectivity index (χ0n) is 10.3. The molecule has 0 amide bonds. The molecule has 8 heteroatoms. The van der Waals surface area contributed by atoms with Crippen molar-refractivity contribution in [1.82, 2.24) is 4.31 Å². The lowest BCUT2D eigenvalue weighted by Gasteiger charge is -2.24. The van der Waals surface area contributed by atoms with E-state index in [1.165, 1.54) is 25.2 Å². The molecule has 19 heavy (non-hydrogen) atoms. The molecule has 0 saturated heterocycles. The number of carboxylic acid groups (broad SMARTS) is 1. The van der Waals surface area contributed by atoms with Crippen molar-refractivity contribution in [3.05, 3.63) is 28.2 Å². The van der Waals surface area contributed by atoms with Crippen LogP contribution in [0.15, 0.2) is 23.1 Å². The van der Waals surface area contributed by atoms with Gasteiger partial charge in [0.25, 0.3) is 0 Å². The zero-order chi connectivity index (χ0) is 14.8. The van der Waals surface area contributed by atoms with Crippen LogP contribution in [0.4, 0.5) is 0 Å². The van der Waals surface area contributed by atoms with Crippen LogP contribution in [0.1, 0.15) is 13.3 Å². The molecule has 0 aliphatic heterocycles. The van der Waals surface area contributed by atoms with Gasteiger partial charge in [-0.2, -0.15) is 4.31 Å². The van der Waals surface area contributed by atoms with E-state index in [1.54, 1.807) is 6.92 Å². The third-order valence-electron chi connectivity index (χ3n) is 2.67. The van der Waals surface area contributed by atoms with E-state index in [9.17, 15) is 13.2 Å². The molecule has 0 fully saturated rings. The SMILES string of the molecule is CCC(C(=O)O)N(C)S(=O)(=O)c1c(Cl)cccc1Cl. The predicted octanol–water partition coefficient (Wildman–Crippen LogP) is 2.48. The Morgan fingerprint density at radius 2 is 1.84 bits per heavy atom. The number of hydrogen-bond acceptors (Lipinski definition) is 3. The normalized spacial score (nSPS) is 13.5. The van der Waals surface area contributed by atoms with Gasteiger partial charge in [0.2, 0.25) is 10.0 Å². The molecule has 1 atom stereocenters. The Kier molecular flexibility index (Phi) is 5.20. The number of hydrogen-bond donors (Lipinski definition) is 1. The quantitative estimate of drug-likeness (QED) is 0.902. The van der Waals surface area contributed by atoms with E-state index >= 15 is 0 Å². The van der Waals surface area contributed by atoms with Gasteiger partial charge in [0.15, 0.2) is 0 Å². The van der Waals surface area contributed by atoms with Crippen LogP contribution in [0, 0.1) is 0 Å². The summed E-state index contributed by atoms with van der Waals surface area (Å²) in [6, 6.07) is 3.11. The van der Waals surface area contributed by atoms with E-state index < -0.39 is 22.0 Å². The van der Waals surface area contributed by atoms with Crippen molar-refractivity contribution >= 4 is 39.2 Å². The van der Waals surface area contributed by atoms with Crippen LogP contribution in [0.25, 0.3) is 0 Å². The molecule has 0 aromatic heterocycles. The van der Waals surface area contributed by atoms with Gasteiger partial charge in [0.05, 0.1) is 10.0 Å². The number of rotatable bonds is 5. The predicted molar refractivity (Wildman–Crippen MR) is 73.1 cm³/mol. The molecule has 1 N–H and O–H groups in total. The fourth-order valence-corrected chi connectivity index (χ4v) is 4.10. The lowest BCUT2D eigenvalue weighted by atomic mass is 10.2. The van der Waals surface area contributed by atoms with Crippen LogP contribution in [0.3, 0.4) is 0 Å². The number of halogens is 2. The van der Waals surface area contributed by atoms with Crippen molar-refractivity contribution in [1.29, 1.82) is 0 Å². The van der Waals surface area contributed by atoms with Crippen molar-refractivity contribution in [3.63, 3.8) is 0 Å². The first-order valence-electron chi connectivity index (χ1n) is 5.38. The second-order valence-corrected chi connectivity index (χ2v) is 6.58. The average Bonchev–Trinajstić information content (AvgIpc) is 2.28. The van der Waals surface area contributed by atoms with Gasteiger partial charge in [0, 0.05) is 7.05 Å². The van der Waals surface area contributed by atoms with Crippen molar-refractivity contribution < 1.29 is 18.3 Å². The van der Waals surface area contributed by atoms with Crippen LogP contribution >= 0.6 is 23.2 Å². The van der Waals surface area contributed by atoms with Crippen LogP contribution < -0.4 is 0 Å². The van der Waals surface area contributed by atoms with Gasteiger partial charge in [-0.05, 0) is 18.6 Å². The number of carboxylic acids is 1. The molecular weight excluding hydrogens is 313 g/mol. The molecule has 0 aliphatic carbocycles. The Labute approximate surface area is 121 Å². The maximum Gasteiger partial charge on any atom is 0.321 e. The topological polar surface area (TPSA) is 74.7 Å². The first kappa shape index (κ1) is 16.2. The fraction of sp³-hybridized carbons (Fsp3) is 0.364. The van der Waals surface area contributed by atoms with Gasteiger partial charge in [-0.15, -0.1) is 0 Å². The number of benzene rings is 1. The second kappa shape index (κ2) is 6.09. The zero-order valence-corrected chi connectivity index (χ0v) is 12.6. The average molecular weight is 326 g/mol. The highest BCUT2D eigenvalue weighted by Gasteiger charge is 2.34. The van der Waals surface area contributed by atoms with Crippen molar-refractivity contribution in [2.24, 2.45) is 0 Å². The van der Waals surface area contributed by atoms with Gasteiger partial charge >= 0.3 is 5.97 Å². The summed E-state index contributed by atoms with van der Waals surface area (Å²) < 4.78 is 25.5. The summed E-state index contributed by atoms with van der Waals surface area (Å²) in [6.45, 7) is 1.58. The minimum atomic E-state index is -4.07. The van der Waals surface area contributed by atoms with E-state index in [-0.39, 0.29) is 21.4 Å². The summed E-state index contributed by atoms with van der Waals surface area (Å²) in [5.74, 6) is -1.23. The monoisotopic (exact) mass is 325 g/mol. The van der Waals surface area contributed by atoms with Crippen LogP contribution in [-0.2, 0) is 14.8 Å². The molecule has 1 unspecified atom stereocenters. The maximum absolute atomic E-state index is 12.4. The number of sulfonamides is 1. The van der Waals surface area contributed by atoms with Crippen molar-refractivity contribution in [3.8, 4) is 0 Å². The van der Waals surface area contributed by atoms with Gasteiger partial charge in [-0.1, -0.05) is 36.2 Å². The number of carbonyl (C=O) groups is 1. The lowest BCUT2D eigenvalue weighted by Crippen LogP contribution is -2.42. The van der Waals surface area contributed by atoms with Crippen molar-refractivity contribution in [2.75, 3.05) is 7.05 Å². The first-order valence-corrected chi connectivity index (χ1v) is 7.58. The highest BCUT2D eigenvalue weighted by Crippen LogP contribution is 2.31. The lowest BCUT2D eigenvalue weighted by molar-refractivity contribution is -0.141. The second-order valence-electron chi connectivity index (χ2n) is 3.83. The molecule has 0 spiro atoms. The first-order chi connectivity index (χ1) is 8.73. The highest BCUT2D eigenvalue weighted by atomic mass is 35.5. The van der Waals surface area contributed by atoms with Crippen LogP contribution in [0.2, 0.25) is 10.0 Å². The summed E-state index contributed by atoms with van der Waals surface area (Å²) in [5.41, 5.74) is 0. The molecule has 0 bridgehead atoms. The Hall–Kier alpha value is -0.820. The molecule has 5 nitrogen and oxygen atoms in total. The fourth-order valence-electron chi connectivity index (χ4n) is 1.63. The van der Waals surface area contributed by atoms with Crippen LogP contribution in [-0.4, -0.2) is 36.9 Å². The summed E-state index contributed by atoms with van der Waals surface area (Å²) in [6.07, 6.45) is 0.132. The molecule has 0 radical (unpaired) electrons. The Morgan fingerprint density at radius 1 is 1.37 bits per heavy atom. The van der Waals surface area contributed by atoms with E-state index in [1.807, 2.05) is 0 Å². The highest BCUT2D eigenvalue weighted by molar-refractivity contribution is 7.89. The van der Waals surface area contributed by atoms with E-state index in [2.05, 4.69) is 0 Å². The van der Waals surface area contributed by atoms with E-state index in [0.717, 1.165) is 4.31 Å². The van der Waals surface area contributed by atoms with Gasteiger partial charge in [0.1, 0.15) is 10.9 Å². The van der Waals surface area contributed by atoms with Gasteiger partial charge < -0.3 is 5.11 Å². The number of aliphatic carboxylic acids is 1. The summed E-state index contributed by atoms with van der Waals surface area (Å²) in [4.78, 5) is 10.8. The largest absolute Gasteiger partial charge is 0.480 e. The summed E-state index contributed by atoms with van der Waals surface area (Å²) >= 11 is 11.7. The van der Waals surface area contributed by atoms with Crippen LogP contribution in [0.5, 0.6) is 0 Å². The van der Waals surface area contributed by atoms with E-state index in [4.69, 9.17) is 28.3 Å². The number of nitrogens with zero attached hydrogens (tertiary/aromatic N) is 1. The summed E-state index contributed by atoms with van der Waals surface area (Å²) in [7, 11) is -2.88. The minimum absolute atomic E-state index is 0.0420. The molecule has 1 aromatic rings. The third-order valence-corrected chi connectivity index (χ3v) is 5.49. The summed E-state index contributed by atoms with van der Waals surface area (Å²) in [5, 5.41) is 8.94. The van der Waals surface area contributed by atoms with E-state index in [0.29, 0.717) is 0 Å². The third kappa shape index (κ3) is 3.20. The Balaban J connectivity index is 3.36. The molecule has 0 aliphatic rings. The number of likely N-dealkylation sites (N-methyl/N-ethyl adjacent to an activating group) is 1. The molecule has 0 heterocycles. The Bertz CT molecular complexity index is 568. The molecular formula is C11H13Cl2NO4S. The van der Waals surface area contributed by atoms with Gasteiger partial charge in [-0.25, -0.2) is 8.42 Å². The van der Waals surface area contributed by atoms with Crippen molar-refractivity contribution in [2.45, 2.75) is 24.3 Å². The Morgan fingerprint density at radius 3 is 2.21 bits per heavy atom. The minimum Gasteiger partial charge on any atom is -0.480 e. The molecule has 1 rings (SSSR count). The molecule has 1 aromatic carbocycles. The standard InChI is InChI=1S/C11H13Cl2NO4S/c1-3-9(11(15)16)14(2)19(17,18)10-7(12)5-4-6-8(10)13/h4-6,9H,3H2,1-2H3,(H,15,16). The smallest absolute Gasteiger partial charge is 0.321 e. The van der Waals surface area contributed by atoms with Gasteiger partial charge in [-0.3, -0.25) is 4.79 Å². The molecule has 0 saturated carbocycles. The maximum atomic E-state index is 12.4. The molecule has 106 valence electrons.